The van der Waals surface area contributed by atoms with Crippen LogP contribution in [0.3, 0.4) is 0 Å². The van der Waals surface area contributed by atoms with Crippen molar-refractivity contribution in [2.24, 2.45) is 0 Å². The van der Waals surface area contributed by atoms with Crippen molar-refractivity contribution in [1.29, 1.82) is 0 Å². The fourth-order valence-corrected chi connectivity index (χ4v) is 3.31. The zero-order valence-electron chi connectivity index (χ0n) is 10.7. The van der Waals surface area contributed by atoms with E-state index in [0.717, 1.165) is 10.1 Å². The Balaban J connectivity index is 2.31. The lowest BCUT2D eigenvalue weighted by atomic mass is 10.2. The molecule has 0 unspecified atom stereocenters. The average molecular weight is 332 g/mol. The number of fused-ring (bicyclic) bond motifs is 1. The number of carbonyl (C=O) groups excluding carboxylic acids is 2. The van der Waals surface area contributed by atoms with E-state index in [1.54, 1.807) is 18.2 Å². The predicted octanol–water partition coefficient (Wildman–Crippen LogP) is 3.50. The molecule has 0 saturated heterocycles. The van der Waals surface area contributed by atoms with Crippen LogP contribution in [0.15, 0.2) is 18.2 Å². The molecule has 106 valence electrons. The number of rotatable bonds is 3. The van der Waals surface area contributed by atoms with Crippen molar-refractivity contribution in [3.05, 3.63) is 33.1 Å². The lowest BCUT2D eigenvalue weighted by molar-refractivity contribution is -0.128. The van der Waals surface area contributed by atoms with Crippen LogP contribution in [-0.4, -0.2) is 25.0 Å². The lowest BCUT2D eigenvalue weighted by Gasteiger charge is -2.10. The van der Waals surface area contributed by atoms with Crippen molar-refractivity contribution in [2.45, 2.75) is 13.0 Å². The molecule has 1 aromatic heterocycles. The third kappa shape index (κ3) is 2.90. The van der Waals surface area contributed by atoms with Crippen molar-refractivity contribution in [1.82, 2.24) is 5.32 Å². The third-order valence-electron chi connectivity index (χ3n) is 2.68. The summed E-state index contributed by atoms with van der Waals surface area (Å²) in [5.74, 6) is -0.998. The molecule has 1 heterocycles. The number of amides is 1. The van der Waals surface area contributed by atoms with Gasteiger partial charge >= 0.3 is 5.97 Å². The first-order valence-electron chi connectivity index (χ1n) is 5.74. The largest absolute Gasteiger partial charge is 0.448 e. The van der Waals surface area contributed by atoms with Crippen LogP contribution in [0.4, 0.5) is 0 Å². The molecule has 2 rings (SSSR count). The smallest absolute Gasteiger partial charge is 0.350 e. The molecule has 1 amide bonds. The SMILES string of the molecule is CNC(=O)[C@@H](C)OC(=O)c1sc2cc(Cl)ccc2c1Cl. The van der Waals surface area contributed by atoms with Crippen molar-refractivity contribution in [2.75, 3.05) is 7.05 Å². The van der Waals surface area contributed by atoms with Crippen LogP contribution in [0, 0.1) is 0 Å². The zero-order valence-corrected chi connectivity index (χ0v) is 13.0. The average Bonchev–Trinajstić information content (AvgIpc) is 2.74. The first-order valence-corrected chi connectivity index (χ1v) is 7.31. The molecule has 2 aromatic rings. The highest BCUT2D eigenvalue weighted by Gasteiger charge is 2.23. The highest BCUT2D eigenvalue weighted by molar-refractivity contribution is 7.21. The molecule has 0 aliphatic heterocycles. The van der Waals surface area contributed by atoms with Gasteiger partial charge in [0.15, 0.2) is 6.10 Å². The first kappa shape index (κ1) is 15.1. The van der Waals surface area contributed by atoms with Crippen molar-refractivity contribution >= 4 is 56.5 Å². The minimum atomic E-state index is -0.877. The Hall–Kier alpha value is -1.30. The second-order valence-corrected chi connectivity index (χ2v) is 5.91. The van der Waals surface area contributed by atoms with Gasteiger partial charge in [0.2, 0.25) is 0 Å². The van der Waals surface area contributed by atoms with Crippen LogP contribution in [0.25, 0.3) is 10.1 Å². The van der Waals surface area contributed by atoms with Gasteiger partial charge in [0, 0.05) is 22.2 Å². The summed E-state index contributed by atoms with van der Waals surface area (Å²) in [6.07, 6.45) is -0.877. The van der Waals surface area contributed by atoms with Gasteiger partial charge in [-0.25, -0.2) is 4.79 Å². The number of halogens is 2. The van der Waals surface area contributed by atoms with Crippen LogP contribution in [0.5, 0.6) is 0 Å². The number of hydrogen-bond acceptors (Lipinski definition) is 4. The van der Waals surface area contributed by atoms with Crippen molar-refractivity contribution in [3.8, 4) is 0 Å². The molecule has 0 bridgehead atoms. The fourth-order valence-electron chi connectivity index (χ4n) is 1.64. The molecule has 7 heteroatoms. The summed E-state index contributed by atoms with van der Waals surface area (Å²) >= 11 is 13.3. The maximum atomic E-state index is 12.0. The molecule has 0 spiro atoms. The standard InChI is InChI=1S/C13H11Cl2NO3S/c1-6(12(17)16-2)19-13(18)11-10(15)8-4-3-7(14)5-9(8)20-11/h3-6H,1-2H3,(H,16,17)/t6-/m1/s1. The molecule has 0 aliphatic carbocycles. The van der Waals surface area contributed by atoms with Gasteiger partial charge in [-0.05, 0) is 19.1 Å². The summed E-state index contributed by atoms with van der Waals surface area (Å²) in [5, 5.41) is 4.02. The molecular weight excluding hydrogens is 321 g/mol. The van der Waals surface area contributed by atoms with E-state index in [0.29, 0.717) is 10.0 Å². The molecule has 20 heavy (non-hydrogen) atoms. The fraction of sp³-hybridized carbons (Fsp3) is 0.231. The molecule has 0 fully saturated rings. The highest BCUT2D eigenvalue weighted by atomic mass is 35.5. The number of ether oxygens (including phenoxy) is 1. The number of esters is 1. The minimum Gasteiger partial charge on any atom is -0.448 e. The van der Waals surface area contributed by atoms with Gasteiger partial charge < -0.3 is 10.1 Å². The van der Waals surface area contributed by atoms with Crippen LogP contribution >= 0.6 is 34.5 Å². The Morgan fingerprint density at radius 2 is 2.05 bits per heavy atom. The highest BCUT2D eigenvalue weighted by Crippen LogP contribution is 2.37. The van der Waals surface area contributed by atoms with Crippen molar-refractivity contribution in [3.63, 3.8) is 0 Å². The van der Waals surface area contributed by atoms with E-state index in [1.165, 1.54) is 25.3 Å². The second kappa shape index (κ2) is 5.99. The molecule has 4 nitrogen and oxygen atoms in total. The van der Waals surface area contributed by atoms with E-state index in [2.05, 4.69) is 5.32 Å². The number of benzene rings is 1. The van der Waals surface area contributed by atoms with E-state index in [9.17, 15) is 9.59 Å². The predicted molar refractivity (Wildman–Crippen MR) is 80.8 cm³/mol. The van der Waals surface area contributed by atoms with Crippen LogP contribution < -0.4 is 5.32 Å². The normalized spacial score (nSPS) is 12.2. The summed E-state index contributed by atoms with van der Waals surface area (Å²) in [6.45, 7) is 1.49. The zero-order chi connectivity index (χ0) is 14.9. The molecule has 0 aliphatic rings. The third-order valence-corrected chi connectivity index (χ3v) is 4.55. The summed E-state index contributed by atoms with van der Waals surface area (Å²) < 4.78 is 5.87. The van der Waals surface area contributed by atoms with E-state index in [1.807, 2.05) is 0 Å². The number of nitrogens with one attached hydrogen (secondary N) is 1. The number of thiophene rings is 1. The Labute approximate surface area is 129 Å². The van der Waals surface area contributed by atoms with Crippen LogP contribution in [0.1, 0.15) is 16.6 Å². The Kier molecular flexibility index (Phi) is 4.52. The van der Waals surface area contributed by atoms with E-state index in [-0.39, 0.29) is 10.8 Å². The second-order valence-electron chi connectivity index (χ2n) is 4.05. The van der Waals surface area contributed by atoms with Crippen LogP contribution in [-0.2, 0) is 9.53 Å². The molecule has 0 saturated carbocycles. The summed E-state index contributed by atoms with van der Waals surface area (Å²) in [6, 6.07) is 5.17. The van der Waals surface area contributed by atoms with E-state index < -0.39 is 12.1 Å². The molecule has 0 radical (unpaired) electrons. The Morgan fingerprint density at radius 1 is 1.35 bits per heavy atom. The van der Waals surface area contributed by atoms with Gasteiger partial charge in [-0.2, -0.15) is 0 Å². The number of carbonyl (C=O) groups is 2. The van der Waals surface area contributed by atoms with Gasteiger partial charge in [-0.3, -0.25) is 4.79 Å². The monoisotopic (exact) mass is 331 g/mol. The van der Waals surface area contributed by atoms with Gasteiger partial charge in [0.25, 0.3) is 5.91 Å². The summed E-state index contributed by atoms with van der Waals surface area (Å²) in [4.78, 5) is 23.7. The van der Waals surface area contributed by atoms with Crippen molar-refractivity contribution < 1.29 is 14.3 Å². The molecular formula is C13H11Cl2NO3S. The van der Waals surface area contributed by atoms with E-state index >= 15 is 0 Å². The Bertz CT molecular complexity index is 684. The lowest BCUT2D eigenvalue weighted by Crippen LogP contribution is -2.33. The topological polar surface area (TPSA) is 55.4 Å². The Morgan fingerprint density at radius 3 is 2.70 bits per heavy atom. The van der Waals surface area contributed by atoms with Gasteiger partial charge in [-0.1, -0.05) is 29.3 Å². The van der Waals surface area contributed by atoms with Gasteiger partial charge in [0.05, 0.1) is 5.02 Å². The minimum absolute atomic E-state index is 0.264. The van der Waals surface area contributed by atoms with Crippen LogP contribution in [0.2, 0.25) is 10.0 Å². The number of hydrogen-bond donors (Lipinski definition) is 1. The molecule has 1 atom stereocenters. The molecule has 1 aromatic carbocycles. The maximum absolute atomic E-state index is 12.0. The summed E-state index contributed by atoms with van der Waals surface area (Å²) in [7, 11) is 1.47. The summed E-state index contributed by atoms with van der Waals surface area (Å²) in [5.41, 5.74) is 0. The molecule has 1 N–H and O–H groups in total. The first-order chi connectivity index (χ1) is 9.43. The maximum Gasteiger partial charge on any atom is 0.350 e. The van der Waals surface area contributed by atoms with Gasteiger partial charge in [-0.15, -0.1) is 11.3 Å². The van der Waals surface area contributed by atoms with Gasteiger partial charge in [0.1, 0.15) is 4.88 Å². The van der Waals surface area contributed by atoms with E-state index in [4.69, 9.17) is 27.9 Å². The number of likely N-dealkylation sites (N-methyl/N-ethyl adjacent to an activating group) is 1. The quantitative estimate of drug-likeness (QED) is 0.875.